The molecule has 2 amide bonds. The van der Waals surface area contributed by atoms with Crippen molar-refractivity contribution in [3.8, 4) is 0 Å². The molecule has 0 bridgehead atoms. The molecule has 2 N–H and O–H groups in total. The molecule has 1 unspecified atom stereocenters. The maximum atomic E-state index is 12.0. The lowest BCUT2D eigenvalue weighted by molar-refractivity contribution is 0.112. The average Bonchev–Trinajstić information content (AvgIpc) is 3.31. The maximum absolute atomic E-state index is 12.0. The van der Waals surface area contributed by atoms with E-state index in [0.29, 0.717) is 18.4 Å². The minimum Gasteiger partial charge on any atom is -0.391 e. The van der Waals surface area contributed by atoms with E-state index in [0.717, 1.165) is 32.5 Å². The zero-order valence-electron chi connectivity index (χ0n) is 13.6. The standard InChI is InChI=1S/C16H31N3O2/c1-3-8-19-9-6-13(7-10-19)11-17-16(21)18(2)12-15(20)14-4-5-14/h13-15,20H,3-12H2,1-2H3,(H,17,21). The number of likely N-dealkylation sites (N-methyl/N-ethyl adjacent to an activating group) is 1. The zero-order valence-corrected chi connectivity index (χ0v) is 13.6. The Kier molecular flexibility index (Phi) is 6.30. The zero-order chi connectivity index (χ0) is 15.2. The Labute approximate surface area is 128 Å². The molecule has 2 fully saturated rings. The number of hydrogen-bond acceptors (Lipinski definition) is 3. The molecule has 5 nitrogen and oxygen atoms in total. The minimum atomic E-state index is -0.349. The molecule has 1 saturated carbocycles. The molecular formula is C16H31N3O2. The van der Waals surface area contributed by atoms with E-state index in [2.05, 4.69) is 17.1 Å². The van der Waals surface area contributed by atoms with Gasteiger partial charge in [0.1, 0.15) is 0 Å². The second kappa shape index (κ2) is 7.99. The summed E-state index contributed by atoms with van der Waals surface area (Å²) in [5.74, 6) is 1.02. The quantitative estimate of drug-likeness (QED) is 0.749. The highest BCUT2D eigenvalue weighted by Crippen LogP contribution is 2.32. The van der Waals surface area contributed by atoms with E-state index in [1.807, 2.05) is 0 Å². The van der Waals surface area contributed by atoms with Crippen LogP contribution in [0.25, 0.3) is 0 Å². The van der Waals surface area contributed by atoms with Crippen LogP contribution in [0.4, 0.5) is 4.79 Å². The number of urea groups is 1. The minimum absolute atomic E-state index is 0.0503. The van der Waals surface area contributed by atoms with Gasteiger partial charge in [0.05, 0.1) is 6.10 Å². The van der Waals surface area contributed by atoms with Crippen LogP contribution in [0.15, 0.2) is 0 Å². The number of amides is 2. The van der Waals surface area contributed by atoms with Gasteiger partial charge in [-0.05, 0) is 63.6 Å². The van der Waals surface area contributed by atoms with Crippen LogP contribution >= 0.6 is 0 Å². The Morgan fingerprint density at radius 1 is 1.33 bits per heavy atom. The second-order valence-electron chi connectivity index (χ2n) is 6.76. The first-order valence-corrected chi connectivity index (χ1v) is 8.49. The molecular weight excluding hydrogens is 266 g/mol. The first-order valence-electron chi connectivity index (χ1n) is 8.49. The van der Waals surface area contributed by atoms with Gasteiger partial charge >= 0.3 is 6.03 Å². The highest BCUT2D eigenvalue weighted by atomic mass is 16.3. The summed E-state index contributed by atoms with van der Waals surface area (Å²) < 4.78 is 0. The summed E-state index contributed by atoms with van der Waals surface area (Å²) in [5.41, 5.74) is 0. The summed E-state index contributed by atoms with van der Waals surface area (Å²) in [6.45, 7) is 6.95. The van der Waals surface area contributed by atoms with Crippen molar-refractivity contribution in [1.29, 1.82) is 0 Å². The number of carbonyl (C=O) groups excluding carboxylic acids is 1. The number of aliphatic hydroxyl groups is 1. The van der Waals surface area contributed by atoms with Gasteiger partial charge in [0.2, 0.25) is 0 Å². The molecule has 1 saturated heterocycles. The summed E-state index contributed by atoms with van der Waals surface area (Å²) >= 11 is 0. The number of aliphatic hydroxyl groups excluding tert-OH is 1. The van der Waals surface area contributed by atoms with Crippen molar-refractivity contribution < 1.29 is 9.90 Å². The van der Waals surface area contributed by atoms with Gasteiger partial charge in [-0.15, -0.1) is 0 Å². The molecule has 1 atom stereocenters. The van der Waals surface area contributed by atoms with Crippen LogP contribution in [-0.2, 0) is 0 Å². The highest BCUT2D eigenvalue weighted by Gasteiger charge is 2.31. The van der Waals surface area contributed by atoms with Crippen molar-refractivity contribution in [2.75, 3.05) is 39.8 Å². The summed E-state index contributed by atoms with van der Waals surface area (Å²) in [7, 11) is 1.77. The van der Waals surface area contributed by atoms with Crippen LogP contribution in [0.3, 0.4) is 0 Å². The largest absolute Gasteiger partial charge is 0.391 e. The summed E-state index contributed by atoms with van der Waals surface area (Å²) in [6, 6.07) is -0.0503. The molecule has 1 aliphatic heterocycles. The van der Waals surface area contributed by atoms with Crippen LogP contribution < -0.4 is 5.32 Å². The van der Waals surface area contributed by atoms with E-state index < -0.39 is 0 Å². The van der Waals surface area contributed by atoms with E-state index in [4.69, 9.17) is 0 Å². The molecule has 0 aromatic heterocycles. The van der Waals surface area contributed by atoms with Crippen LogP contribution in [0.2, 0.25) is 0 Å². The molecule has 2 aliphatic rings. The Hall–Kier alpha value is -0.810. The molecule has 0 spiro atoms. The van der Waals surface area contributed by atoms with Gasteiger partial charge in [-0.2, -0.15) is 0 Å². The van der Waals surface area contributed by atoms with Crippen molar-refractivity contribution in [2.45, 2.75) is 45.1 Å². The Balaban J connectivity index is 1.60. The fourth-order valence-electron chi connectivity index (χ4n) is 3.09. The van der Waals surface area contributed by atoms with Crippen molar-refractivity contribution in [3.05, 3.63) is 0 Å². The Morgan fingerprint density at radius 2 is 2.00 bits per heavy atom. The fourth-order valence-corrected chi connectivity index (χ4v) is 3.09. The van der Waals surface area contributed by atoms with Gasteiger partial charge in [-0.25, -0.2) is 4.79 Å². The van der Waals surface area contributed by atoms with Crippen molar-refractivity contribution in [1.82, 2.24) is 15.1 Å². The topological polar surface area (TPSA) is 55.8 Å². The van der Waals surface area contributed by atoms with E-state index >= 15 is 0 Å². The van der Waals surface area contributed by atoms with E-state index in [9.17, 15) is 9.90 Å². The first-order chi connectivity index (χ1) is 10.1. The van der Waals surface area contributed by atoms with Gasteiger partial charge in [0.25, 0.3) is 0 Å². The second-order valence-corrected chi connectivity index (χ2v) is 6.76. The molecule has 1 aliphatic carbocycles. The van der Waals surface area contributed by atoms with Crippen LogP contribution in [-0.4, -0.2) is 66.8 Å². The molecule has 21 heavy (non-hydrogen) atoms. The predicted molar refractivity (Wildman–Crippen MR) is 84.2 cm³/mol. The summed E-state index contributed by atoms with van der Waals surface area (Å²) in [6.07, 6.45) is 5.43. The lowest BCUT2D eigenvalue weighted by Crippen LogP contribution is -2.45. The third-order valence-corrected chi connectivity index (χ3v) is 4.76. The third kappa shape index (κ3) is 5.47. The van der Waals surface area contributed by atoms with Gasteiger partial charge in [-0.3, -0.25) is 0 Å². The number of piperidine rings is 1. The number of carbonyl (C=O) groups is 1. The third-order valence-electron chi connectivity index (χ3n) is 4.76. The molecule has 0 radical (unpaired) electrons. The van der Waals surface area contributed by atoms with Crippen LogP contribution in [0, 0.1) is 11.8 Å². The highest BCUT2D eigenvalue weighted by molar-refractivity contribution is 5.73. The fraction of sp³-hybridized carbons (Fsp3) is 0.938. The smallest absolute Gasteiger partial charge is 0.317 e. The lowest BCUT2D eigenvalue weighted by Gasteiger charge is -2.32. The van der Waals surface area contributed by atoms with Gasteiger partial charge in [-0.1, -0.05) is 6.92 Å². The molecule has 0 aromatic rings. The normalized spacial score (nSPS) is 22.0. The van der Waals surface area contributed by atoms with Crippen LogP contribution in [0.5, 0.6) is 0 Å². The predicted octanol–water partition coefficient (Wildman–Crippen LogP) is 1.52. The summed E-state index contributed by atoms with van der Waals surface area (Å²) in [5, 5.41) is 12.9. The molecule has 122 valence electrons. The van der Waals surface area contributed by atoms with Crippen molar-refractivity contribution in [2.24, 2.45) is 11.8 Å². The number of likely N-dealkylation sites (tertiary alicyclic amines) is 1. The number of rotatable bonds is 7. The van der Waals surface area contributed by atoms with Gasteiger partial charge in [0, 0.05) is 20.1 Å². The number of hydrogen-bond donors (Lipinski definition) is 2. The van der Waals surface area contributed by atoms with Gasteiger partial charge in [0.15, 0.2) is 0 Å². The summed E-state index contributed by atoms with van der Waals surface area (Å²) in [4.78, 5) is 16.2. The molecule has 1 heterocycles. The number of nitrogens with zero attached hydrogens (tertiary/aromatic N) is 2. The lowest BCUT2D eigenvalue weighted by atomic mass is 9.97. The molecule has 0 aromatic carbocycles. The monoisotopic (exact) mass is 297 g/mol. The van der Waals surface area contributed by atoms with E-state index in [1.54, 1.807) is 11.9 Å². The SMILES string of the molecule is CCCN1CCC(CNC(=O)N(C)CC(O)C2CC2)CC1. The average molecular weight is 297 g/mol. The van der Waals surface area contributed by atoms with Crippen molar-refractivity contribution >= 4 is 6.03 Å². The molecule has 2 rings (SSSR count). The first kappa shape index (κ1) is 16.6. The Bertz CT molecular complexity index is 325. The Morgan fingerprint density at radius 3 is 2.57 bits per heavy atom. The van der Waals surface area contributed by atoms with E-state index in [-0.39, 0.29) is 12.1 Å². The van der Waals surface area contributed by atoms with Crippen molar-refractivity contribution in [3.63, 3.8) is 0 Å². The maximum Gasteiger partial charge on any atom is 0.317 e. The van der Waals surface area contributed by atoms with Gasteiger partial charge < -0.3 is 20.2 Å². The van der Waals surface area contributed by atoms with E-state index in [1.165, 1.54) is 25.8 Å². The van der Waals surface area contributed by atoms with Crippen LogP contribution in [0.1, 0.15) is 39.0 Å². The molecule has 5 heteroatoms. The number of nitrogens with one attached hydrogen (secondary N) is 1.